The number of carbonyl (C=O) groups is 1. The molecule has 6 heterocycles. The minimum atomic E-state index is -1.30. The van der Waals surface area contributed by atoms with E-state index in [9.17, 15) is 23.5 Å². The zero-order valence-electron chi connectivity index (χ0n) is 35.8. The summed E-state index contributed by atoms with van der Waals surface area (Å²) < 4.78 is 33.9. The number of fused-ring (bicyclic) bond motifs is 1. The molecule has 7 aromatic rings. The van der Waals surface area contributed by atoms with Crippen LogP contribution < -0.4 is 16.2 Å². The number of alkyl halides is 1. The van der Waals surface area contributed by atoms with E-state index in [-0.39, 0.29) is 55.0 Å². The molecule has 0 saturated heterocycles. The number of carbonyl (C=O) groups excluding carboxylic acids is 1. The normalized spacial score (nSPS) is 18.2. The number of nitrogens with zero attached hydrogens (tertiary/aromatic N) is 9. The molecular formula is C47H46ClF2N11O5. The third kappa shape index (κ3) is 9.86. The summed E-state index contributed by atoms with van der Waals surface area (Å²) in [6, 6.07) is 22.7. The number of benzene rings is 2. The summed E-state index contributed by atoms with van der Waals surface area (Å²) in [5.74, 6) is 0.505. The highest BCUT2D eigenvalue weighted by Gasteiger charge is 2.34. The van der Waals surface area contributed by atoms with Crippen molar-refractivity contribution in [3.63, 3.8) is 0 Å². The van der Waals surface area contributed by atoms with Crippen LogP contribution in [0, 0.1) is 5.82 Å². The number of nitrogens with one attached hydrogen (secondary N) is 2. The van der Waals surface area contributed by atoms with E-state index >= 15 is 0 Å². The SMILES string of the molecule is Cn1nccc1Nc1nccc(-c2ccn([C@H](CCOOC[C@H](c3ccccc3)N3CCCn4cc(-c5ccnc(N[C@@H]6C[C@H](O)[C@@H](F)C6)n5)cc4C3=O)c3ccc(Cl)c(F)c3)c(=O)c2)n1. The van der Waals surface area contributed by atoms with E-state index in [1.165, 1.54) is 22.8 Å². The molecule has 5 aromatic heterocycles. The molecule has 1 aliphatic heterocycles. The number of rotatable bonds is 16. The van der Waals surface area contributed by atoms with Crippen LogP contribution in [-0.4, -0.2) is 92.8 Å². The number of aliphatic hydroxyl groups is 1. The van der Waals surface area contributed by atoms with Gasteiger partial charge in [-0.05, 0) is 66.8 Å². The maximum absolute atomic E-state index is 14.9. The Morgan fingerprint density at radius 2 is 1.65 bits per heavy atom. The molecule has 0 bridgehead atoms. The van der Waals surface area contributed by atoms with Crippen LogP contribution in [0.3, 0.4) is 0 Å². The van der Waals surface area contributed by atoms with Crippen LogP contribution in [0.2, 0.25) is 5.02 Å². The molecule has 2 aromatic carbocycles. The second-order valence-electron chi connectivity index (χ2n) is 16.2. The van der Waals surface area contributed by atoms with Gasteiger partial charge in [0.05, 0.1) is 47.4 Å². The molecule has 2 aliphatic rings. The number of hydrogen-bond donors (Lipinski definition) is 3. The Morgan fingerprint density at radius 1 is 0.864 bits per heavy atom. The molecule has 340 valence electrons. The number of pyridine rings is 1. The number of aryl methyl sites for hydroxylation is 2. The molecule has 19 heteroatoms. The average Bonchev–Trinajstić information content (AvgIpc) is 4.00. The first kappa shape index (κ1) is 44.3. The molecule has 3 N–H and O–H groups in total. The van der Waals surface area contributed by atoms with Gasteiger partial charge in [0.25, 0.3) is 11.5 Å². The summed E-state index contributed by atoms with van der Waals surface area (Å²) in [5.41, 5.74) is 3.85. The topological polar surface area (TPSA) is 179 Å². The molecule has 0 spiro atoms. The van der Waals surface area contributed by atoms with Crippen molar-refractivity contribution in [2.45, 2.75) is 62.6 Å². The standard InChI is InChI=1S/C47H46ClF2N11O5/c1-58-43(12-17-53-58)57-47-52-15-10-37(55-47)30-13-20-60(44(63)24-30)39(31-8-9-34(48)35(49)22-31)14-21-65-66-28-41(29-6-3-2-4-7-29)61-19-5-18-59-27-32(23-40(59)45(61)64)38-11-16-51-46(56-38)54-33-25-36(50)42(62)26-33/h2-4,6-13,15-17,20,22-24,27,33,36,39,41-42,62H,5,14,18-19,21,25-26,28H2,1H3,(H,51,54,56)(H,52,55,57)/t33-,36-,39+,41+,42-/m0/s1. The fourth-order valence-corrected chi connectivity index (χ4v) is 8.60. The Bertz CT molecular complexity index is 2870. The van der Waals surface area contributed by atoms with Gasteiger partial charge in [0.15, 0.2) is 0 Å². The van der Waals surface area contributed by atoms with Crippen LogP contribution in [0.5, 0.6) is 0 Å². The predicted molar refractivity (Wildman–Crippen MR) is 242 cm³/mol. The fourth-order valence-electron chi connectivity index (χ4n) is 8.48. The van der Waals surface area contributed by atoms with Crippen molar-refractivity contribution in [2.24, 2.45) is 7.05 Å². The zero-order valence-corrected chi connectivity index (χ0v) is 36.5. The quantitative estimate of drug-likeness (QED) is 0.0501. The van der Waals surface area contributed by atoms with Gasteiger partial charge in [-0.25, -0.2) is 38.5 Å². The number of aliphatic hydroxyl groups excluding tert-OH is 1. The highest BCUT2D eigenvalue weighted by molar-refractivity contribution is 6.30. The van der Waals surface area contributed by atoms with Gasteiger partial charge in [0, 0.05) is 80.6 Å². The van der Waals surface area contributed by atoms with Crippen LogP contribution in [-0.2, 0) is 23.4 Å². The maximum atomic E-state index is 14.9. The van der Waals surface area contributed by atoms with Crippen molar-refractivity contribution in [3.05, 3.63) is 154 Å². The van der Waals surface area contributed by atoms with Gasteiger partial charge in [0.2, 0.25) is 11.9 Å². The molecule has 66 heavy (non-hydrogen) atoms. The molecule has 0 unspecified atom stereocenters. The lowest BCUT2D eigenvalue weighted by atomic mass is 10.0. The smallest absolute Gasteiger partial charge is 0.271 e. The summed E-state index contributed by atoms with van der Waals surface area (Å²) in [4.78, 5) is 59.6. The summed E-state index contributed by atoms with van der Waals surface area (Å²) in [6.45, 7) is 1.03. The largest absolute Gasteiger partial charge is 0.390 e. The molecule has 0 radical (unpaired) electrons. The maximum Gasteiger partial charge on any atom is 0.271 e. The second-order valence-corrected chi connectivity index (χ2v) is 16.6. The summed E-state index contributed by atoms with van der Waals surface area (Å²) in [6.07, 6.45) is 7.36. The average molecular weight is 918 g/mol. The molecule has 1 amide bonds. The molecule has 1 aliphatic carbocycles. The number of hydrogen-bond acceptors (Lipinski definition) is 12. The van der Waals surface area contributed by atoms with Gasteiger partial charge in [-0.2, -0.15) is 5.10 Å². The molecular weight excluding hydrogens is 872 g/mol. The van der Waals surface area contributed by atoms with Crippen molar-refractivity contribution in [3.8, 4) is 22.5 Å². The highest BCUT2D eigenvalue weighted by atomic mass is 35.5. The lowest BCUT2D eigenvalue weighted by molar-refractivity contribution is -0.302. The summed E-state index contributed by atoms with van der Waals surface area (Å²) >= 11 is 6.06. The first-order chi connectivity index (χ1) is 32.1. The van der Waals surface area contributed by atoms with Gasteiger partial charge in [-0.1, -0.05) is 48.0 Å². The number of anilines is 3. The van der Waals surface area contributed by atoms with Gasteiger partial charge >= 0.3 is 0 Å². The number of halogens is 3. The van der Waals surface area contributed by atoms with E-state index in [0.29, 0.717) is 65.4 Å². The van der Waals surface area contributed by atoms with Crippen molar-refractivity contribution in [1.29, 1.82) is 0 Å². The minimum absolute atomic E-state index is 0.00515. The summed E-state index contributed by atoms with van der Waals surface area (Å²) in [7, 11) is 1.79. The van der Waals surface area contributed by atoms with Crippen LogP contribution >= 0.6 is 11.6 Å². The van der Waals surface area contributed by atoms with Crippen molar-refractivity contribution in [2.75, 3.05) is 30.4 Å². The van der Waals surface area contributed by atoms with E-state index in [0.717, 1.165) is 11.1 Å². The van der Waals surface area contributed by atoms with E-state index < -0.39 is 30.2 Å². The summed E-state index contributed by atoms with van der Waals surface area (Å²) in [5, 5.41) is 20.2. The Kier molecular flexibility index (Phi) is 13.2. The minimum Gasteiger partial charge on any atom is -0.390 e. The molecule has 5 atom stereocenters. The second kappa shape index (κ2) is 19.7. The Hall–Kier alpha value is -6.86. The first-order valence-corrected chi connectivity index (χ1v) is 21.9. The van der Waals surface area contributed by atoms with Crippen molar-refractivity contribution in [1.82, 2.24) is 43.8 Å². The predicted octanol–water partition coefficient (Wildman–Crippen LogP) is 7.32. The zero-order chi connectivity index (χ0) is 45.7. The van der Waals surface area contributed by atoms with E-state index in [2.05, 4.69) is 35.7 Å². The van der Waals surface area contributed by atoms with Crippen LogP contribution in [0.1, 0.15) is 59.4 Å². The van der Waals surface area contributed by atoms with Gasteiger partial charge < -0.3 is 29.8 Å². The lowest BCUT2D eigenvalue weighted by Gasteiger charge is -2.30. The molecule has 9 rings (SSSR count). The number of aromatic nitrogens is 8. The Labute approximate surface area is 382 Å². The van der Waals surface area contributed by atoms with E-state index in [4.69, 9.17) is 21.4 Å². The highest BCUT2D eigenvalue weighted by Crippen LogP contribution is 2.32. The fraction of sp³-hybridized carbons (Fsp3) is 0.298. The van der Waals surface area contributed by atoms with Gasteiger partial charge in [-0.3, -0.25) is 14.3 Å². The molecule has 1 fully saturated rings. The monoisotopic (exact) mass is 917 g/mol. The third-order valence-electron chi connectivity index (χ3n) is 11.9. The molecule has 16 nitrogen and oxygen atoms in total. The first-order valence-electron chi connectivity index (χ1n) is 21.6. The van der Waals surface area contributed by atoms with E-state index in [1.807, 2.05) is 47.2 Å². The molecule has 1 saturated carbocycles. The Morgan fingerprint density at radius 3 is 2.39 bits per heavy atom. The van der Waals surface area contributed by atoms with Crippen LogP contribution in [0.25, 0.3) is 22.5 Å². The van der Waals surface area contributed by atoms with Gasteiger partial charge in [-0.15, -0.1) is 0 Å². The Balaban J connectivity index is 0.892. The number of amides is 1. The van der Waals surface area contributed by atoms with Crippen LogP contribution in [0.15, 0.2) is 121 Å². The lowest BCUT2D eigenvalue weighted by Crippen LogP contribution is -2.37. The third-order valence-corrected chi connectivity index (χ3v) is 12.2. The van der Waals surface area contributed by atoms with E-state index in [1.54, 1.807) is 71.7 Å². The van der Waals surface area contributed by atoms with Crippen molar-refractivity contribution < 1.29 is 28.5 Å². The van der Waals surface area contributed by atoms with Crippen molar-refractivity contribution >= 4 is 35.2 Å². The van der Waals surface area contributed by atoms with Crippen LogP contribution in [0.4, 0.5) is 26.5 Å². The van der Waals surface area contributed by atoms with Gasteiger partial charge in [0.1, 0.15) is 30.1 Å².